The van der Waals surface area contributed by atoms with Crippen molar-refractivity contribution in [2.45, 2.75) is 53.4 Å². The highest BCUT2D eigenvalue weighted by Gasteiger charge is 2.10. The van der Waals surface area contributed by atoms with Crippen LogP contribution in [0.4, 0.5) is 0 Å². The first-order chi connectivity index (χ1) is 9.83. The molecule has 2 rings (SSSR count). The summed E-state index contributed by atoms with van der Waals surface area (Å²) in [5, 5.41) is 0. The first kappa shape index (κ1) is 18.4. The fraction of sp³-hybridized carbons (Fsp3) is 0.400. The van der Waals surface area contributed by atoms with Crippen molar-refractivity contribution in [3.63, 3.8) is 0 Å². The summed E-state index contributed by atoms with van der Waals surface area (Å²) in [6.07, 6.45) is 2.40. The van der Waals surface area contributed by atoms with Gasteiger partial charge in [0, 0.05) is 5.92 Å². The Balaban J connectivity index is 0.000000641. The van der Waals surface area contributed by atoms with Crippen molar-refractivity contribution in [2.75, 3.05) is 0 Å². The predicted molar refractivity (Wildman–Crippen MR) is 92.3 cm³/mol. The van der Waals surface area contributed by atoms with E-state index in [0.29, 0.717) is 5.92 Å². The Morgan fingerprint density at radius 3 is 1.20 bits per heavy atom. The molecule has 2 aromatic rings. The van der Waals surface area contributed by atoms with Gasteiger partial charge in [-0.05, 0) is 17.5 Å². The lowest BCUT2D eigenvalue weighted by Crippen LogP contribution is -1.98. The quantitative estimate of drug-likeness (QED) is 0.584. The molecule has 0 aromatic heterocycles. The number of benzene rings is 2. The van der Waals surface area contributed by atoms with E-state index in [1.807, 2.05) is 13.8 Å². The summed E-state index contributed by atoms with van der Waals surface area (Å²) >= 11 is 0. The van der Waals surface area contributed by atoms with E-state index in [4.69, 9.17) is 0 Å². The lowest BCUT2D eigenvalue weighted by molar-refractivity contribution is 0.777. The lowest BCUT2D eigenvalue weighted by Gasteiger charge is -2.15. The fourth-order valence-electron chi connectivity index (χ4n) is 2.03. The fourth-order valence-corrected chi connectivity index (χ4v) is 2.03. The van der Waals surface area contributed by atoms with Gasteiger partial charge in [-0.15, -0.1) is 0 Å². The van der Waals surface area contributed by atoms with Crippen LogP contribution in [0.5, 0.6) is 0 Å². The molecule has 0 aliphatic carbocycles. The summed E-state index contributed by atoms with van der Waals surface area (Å²) in [6.45, 7) is 10.5. The van der Waals surface area contributed by atoms with Crippen molar-refractivity contribution in [3.05, 3.63) is 71.8 Å². The molecule has 0 radical (unpaired) electrons. The van der Waals surface area contributed by atoms with Crippen molar-refractivity contribution in [3.8, 4) is 0 Å². The Morgan fingerprint density at radius 1 is 0.650 bits per heavy atom. The van der Waals surface area contributed by atoms with Crippen molar-refractivity contribution in [2.24, 2.45) is 0 Å². The van der Waals surface area contributed by atoms with E-state index in [2.05, 4.69) is 81.4 Å². The van der Waals surface area contributed by atoms with Gasteiger partial charge in [0.2, 0.25) is 0 Å². The maximum Gasteiger partial charge on any atom is 0.00867 e. The van der Waals surface area contributed by atoms with Crippen molar-refractivity contribution in [1.29, 1.82) is 0 Å². The van der Waals surface area contributed by atoms with Gasteiger partial charge >= 0.3 is 0 Å². The normalized spacial score (nSPS) is 9.10. The topological polar surface area (TPSA) is 0 Å². The van der Waals surface area contributed by atoms with E-state index in [1.54, 1.807) is 0 Å². The van der Waals surface area contributed by atoms with Gasteiger partial charge in [-0.1, -0.05) is 102 Å². The Kier molecular flexibility index (Phi) is 11.5. The minimum atomic E-state index is 0.535. The average Bonchev–Trinajstić information content (AvgIpc) is 2.53. The molecule has 20 heavy (non-hydrogen) atoms. The highest BCUT2D eigenvalue weighted by atomic mass is 14.1. The second kappa shape index (κ2) is 12.5. The zero-order valence-corrected chi connectivity index (χ0v) is 13.8. The zero-order valence-electron chi connectivity index (χ0n) is 13.8. The number of hydrogen-bond acceptors (Lipinski definition) is 0. The Labute approximate surface area is 125 Å². The van der Waals surface area contributed by atoms with E-state index in [-0.39, 0.29) is 0 Å². The van der Waals surface area contributed by atoms with Gasteiger partial charge in [-0.3, -0.25) is 0 Å². The van der Waals surface area contributed by atoms with Gasteiger partial charge in [0.15, 0.2) is 0 Å². The van der Waals surface area contributed by atoms with Gasteiger partial charge in [0.05, 0.1) is 0 Å². The summed E-state index contributed by atoms with van der Waals surface area (Å²) in [5.41, 5.74) is 2.82. The molecular weight excluding hydrogens is 240 g/mol. The molecule has 0 amide bonds. The van der Waals surface area contributed by atoms with E-state index in [9.17, 15) is 0 Å². The van der Waals surface area contributed by atoms with E-state index < -0.39 is 0 Å². The summed E-state index contributed by atoms with van der Waals surface area (Å²) < 4.78 is 0. The van der Waals surface area contributed by atoms with Crippen molar-refractivity contribution >= 4 is 0 Å². The largest absolute Gasteiger partial charge is 0.0683 e. The zero-order chi connectivity index (χ0) is 15.2. The highest BCUT2D eigenvalue weighted by molar-refractivity contribution is 5.31. The van der Waals surface area contributed by atoms with Gasteiger partial charge in [-0.2, -0.15) is 0 Å². The molecule has 0 nitrogen and oxygen atoms in total. The van der Waals surface area contributed by atoms with E-state index >= 15 is 0 Å². The van der Waals surface area contributed by atoms with E-state index in [1.165, 1.54) is 17.5 Å². The molecular formula is C20H30. The third-order valence-electron chi connectivity index (χ3n) is 2.81. The maximum atomic E-state index is 2.24. The van der Waals surface area contributed by atoms with Crippen LogP contribution < -0.4 is 0 Å². The van der Waals surface area contributed by atoms with Crippen LogP contribution in [0, 0.1) is 0 Å². The smallest absolute Gasteiger partial charge is 0.00867 e. The minimum Gasteiger partial charge on any atom is -0.0683 e. The molecule has 0 aliphatic rings. The van der Waals surface area contributed by atoms with Crippen LogP contribution in [0.1, 0.15) is 64.5 Å². The summed E-state index contributed by atoms with van der Waals surface area (Å²) in [4.78, 5) is 0. The van der Waals surface area contributed by atoms with Crippen LogP contribution in [0.2, 0.25) is 0 Å². The first-order valence-corrected chi connectivity index (χ1v) is 7.93. The lowest BCUT2D eigenvalue weighted by atomic mass is 9.89. The molecule has 0 N–H and O–H groups in total. The molecule has 0 heterocycles. The molecule has 0 saturated heterocycles. The summed E-state index contributed by atoms with van der Waals surface area (Å²) in [7, 11) is 0. The van der Waals surface area contributed by atoms with E-state index in [0.717, 1.165) is 6.42 Å². The maximum absolute atomic E-state index is 2.24. The van der Waals surface area contributed by atoms with Crippen molar-refractivity contribution in [1.82, 2.24) is 0 Å². The Bertz CT molecular complexity index is 363. The number of rotatable bonds is 3. The van der Waals surface area contributed by atoms with Gasteiger partial charge in [0.1, 0.15) is 0 Å². The van der Waals surface area contributed by atoms with Crippen LogP contribution in [-0.2, 0) is 0 Å². The van der Waals surface area contributed by atoms with Crippen LogP contribution in [0.3, 0.4) is 0 Å². The summed E-state index contributed by atoms with van der Waals surface area (Å²) in [5.74, 6) is 0.535. The first-order valence-electron chi connectivity index (χ1n) is 7.93. The molecule has 0 saturated carbocycles. The average molecular weight is 270 g/mol. The third kappa shape index (κ3) is 6.56. The monoisotopic (exact) mass is 270 g/mol. The Morgan fingerprint density at radius 2 is 0.950 bits per heavy atom. The Hall–Kier alpha value is -1.56. The molecule has 0 fully saturated rings. The van der Waals surface area contributed by atoms with Crippen LogP contribution in [0.15, 0.2) is 60.7 Å². The standard InChI is InChI=1S/C15H16.C3H8.C2H6/c1-2-15(13-9-5-3-6-10-13)14-11-7-4-8-12-14;1-3-2;1-2/h3-12,15H,2H2,1H3;3H2,1-2H3;1-2H3. The van der Waals surface area contributed by atoms with Crippen molar-refractivity contribution < 1.29 is 0 Å². The molecule has 0 spiro atoms. The van der Waals surface area contributed by atoms with Crippen LogP contribution >= 0.6 is 0 Å². The minimum absolute atomic E-state index is 0.535. The number of hydrogen-bond donors (Lipinski definition) is 0. The SMILES string of the molecule is CC.CCC.CCC(c1ccccc1)c1ccccc1. The second-order valence-electron chi connectivity index (χ2n) is 4.49. The third-order valence-corrected chi connectivity index (χ3v) is 2.81. The van der Waals surface area contributed by atoms with Gasteiger partial charge in [-0.25, -0.2) is 0 Å². The molecule has 0 aliphatic heterocycles. The van der Waals surface area contributed by atoms with Gasteiger partial charge in [0.25, 0.3) is 0 Å². The second-order valence-corrected chi connectivity index (χ2v) is 4.49. The molecule has 2 aromatic carbocycles. The van der Waals surface area contributed by atoms with Crippen LogP contribution in [0.25, 0.3) is 0 Å². The molecule has 110 valence electrons. The highest BCUT2D eigenvalue weighted by Crippen LogP contribution is 2.26. The predicted octanol–water partition coefficient (Wildman–Crippen LogP) is 6.67. The molecule has 0 unspecified atom stereocenters. The molecule has 0 atom stereocenters. The molecule has 0 heteroatoms. The summed E-state index contributed by atoms with van der Waals surface area (Å²) in [6, 6.07) is 21.4. The van der Waals surface area contributed by atoms with Crippen LogP contribution in [-0.4, -0.2) is 0 Å². The molecule has 0 bridgehead atoms. The van der Waals surface area contributed by atoms with Gasteiger partial charge < -0.3 is 0 Å².